The number of pyridine rings is 1. The lowest BCUT2D eigenvalue weighted by molar-refractivity contribution is 1.28. The highest BCUT2D eigenvalue weighted by molar-refractivity contribution is 9.10. The largest absolute Gasteiger partial charge is 0.358 e. The topological polar surface area (TPSA) is 52.5 Å². The van der Waals surface area contributed by atoms with Gasteiger partial charge in [0.05, 0.1) is 5.52 Å². The summed E-state index contributed by atoms with van der Waals surface area (Å²) < 4.78 is 0.955. The third-order valence-corrected chi connectivity index (χ3v) is 2.31. The maximum atomic E-state index is 8.70. The van der Waals surface area contributed by atoms with E-state index in [-0.39, 0.29) is 0 Å². The Kier molecular flexibility index (Phi) is 1.59. The number of aromatic nitrogens is 2. The van der Waals surface area contributed by atoms with Gasteiger partial charge in [-0.1, -0.05) is 0 Å². The molecule has 2 aromatic heterocycles. The zero-order chi connectivity index (χ0) is 8.55. The van der Waals surface area contributed by atoms with E-state index in [0.29, 0.717) is 5.69 Å². The number of H-pyrrole nitrogens is 1. The van der Waals surface area contributed by atoms with Crippen LogP contribution in [0.4, 0.5) is 0 Å². The highest BCUT2D eigenvalue weighted by Crippen LogP contribution is 2.23. The zero-order valence-corrected chi connectivity index (χ0v) is 7.59. The van der Waals surface area contributed by atoms with E-state index in [9.17, 15) is 0 Å². The van der Waals surface area contributed by atoms with Crippen LogP contribution in [0, 0.1) is 11.3 Å². The molecule has 0 unspecified atom stereocenters. The van der Waals surface area contributed by atoms with Crippen LogP contribution in [-0.4, -0.2) is 9.97 Å². The van der Waals surface area contributed by atoms with Crippen LogP contribution in [0.25, 0.3) is 10.9 Å². The van der Waals surface area contributed by atoms with Crippen LogP contribution in [-0.2, 0) is 0 Å². The SMILES string of the molecule is N#Cc1nccc2c(Br)c[nH]c12. The van der Waals surface area contributed by atoms with Crippen molar-refractivity contribution in [2.45, 2.75) is 0 Å². The first kappa shape index (κ1) is 7.32. The number of fused-ring (bicyclic) bond motifs is 1. The lowest BCUT2D eigenvalue weighted by Gasteiger charge is -1.90. The summed E-state index contributed by atoms with van der Waals surface area (Å²) >= 11 is 3.36. The van der Waals surface area contributed by atoms with E-state index in [2.05, 4.69) is 25.9 Å². The molecule has 0 aliphatic carbocycles. The Balaban J connectivity index is 2.92. The molecule has 58 valence electrons. The van der Waals surface area contributed by atoms with Gasteiger partial charge < -0.3 is 4.98 Å². The molecule has 0 spiro atoms. The van der Waals surface area contributed by atoms with Gasteiger partial charge in [-0.05, 0) is 22.0 Å². The van der Waals surface area contributed by atoms with Crippen LogP contribution in [0.15, 0.2) is 22.9 Å². The molecule has 4 heteroatoms. The number of nitrogens with one attached hydrogen (secondary N) is 1. The molecule has 0 amide bonds. The van der Waals surface area contributed by atoms with Crippen molar-refractivity contribution in [1.29, 1.82) is 5.26 Å². The first-order chi connectivity index (χ1) is 5.83. The van der Waals surface area contributed by atoms with Crippen molar-refractivity contribution in [3.63, 3.8) is 0 Å². The molecule has 2 heterocycles. The molecule has 0 aliphatic heterocycles. The molecule has 0 saturated carbocycles. The number of halogens is 1. The van der Waals surface area contributed by atoms with Crippen molar-refractivity contribution < 1.29 is 0 Å². The molecular weight excluding hydrogens is 218 g/mol. The first-order valence-corrected chi connectivity index (χ1v) is 4.14. The molecular formula is C8H4BrN3. The summed E-state index contributed by atoms with van der Waals surface area (Å²) in [5.41, 5.74) is 1.21. The molecule has 0 bridgehead atoms. The van der Waals surface area contributed by atoms with E-state index in [1.807, 2.05) is 12.1 Å². The van der Waals surface area contributed by atoms with Gasteiger partial charge in [-0.2, -0.15) is 5.26 Å². The number of hydrogen-bond acceptors (Lipinski definition) is 2. The maximum absolute atomic E-state index is 8.70. The molecule has 2 rings (SSSR count). The number of nitrogens with zero attached hydrogens (tertiary/aromatic N) is 2. The highest BCUT2D eigenvalue weighted by atomic mass is 79.9. The lowest BCUT2D eigenvalue weighted by Crippen LogP contribution is -1.82. The quantitative estimate of drug-likeness (QED) is 0.742. The van der Waals surface area contributed by atoms with E-state index >= 15 is 0 Å². The predicted molar refractivity (Wildman–Crippen MR) is 48.5 cm³/mol. The first-order valence-electron chi connectivity index (χ1n) is 3.34. The standard InChI is InChI=1S/C8H4BrN3/c9-6-4-12-8-5(6)1-2-11-7(8)3-10/h1-2,4,12H. The fraction of sp³-hybridized carbons (Fsp3) is 0. The molecule has 0 aromatic carbocycles. The number of aromatic amines is 1. The minimum atomic E-state index is 0.429. The minimum absolute atomic E-state index is 0.429. The van der Waals surface area contributed by atoms with Crippen molar-refractivity contribution in [3.05, 3.63) is 28.6 Å². The Bertz CT molecular complexity index is 467. The van der Waals surface area contributed by atoms with Crippen LogP contribution in [0.1, 0.15) is 5.69 Å². The molecule has 0 aliphatic rings. The van der Waals surface area contributed by atoms with Crippen LogP contribution >= 0.6 is 15.9 Å². The van der Waals surface area contributed by atoms with Gasteiger partial charge in [-0.3, -0.25) is 0 Å². The smallest absolute Gasteiger partial charge is 0.164 e. The molecule has 12 heavy (non-hydrogen) atoms. The highest BCUT2D eigenvalue weighted by Gasteiger charge is 2.04. The average molecular weight is 222 g/mol. The van der Waals surface area contributed by atoms with Gasteiger partial charge >= 0.3 is 0 Å². The summed E-state index contributed by atoms with van der Waals surface area (Å²) in [5.74, 6) is 0. The molecule has 1 N–H and O–H groups in total. The number of hydrogen-bond donors (Lipinski definition) is 1. The van der Waals surface area contributed by atoms with Gasteiger partial charge in [0.2, 0.25) is 0 Å². The van der Waals surface area contributed by atoms with E-state index < -0.39 is 0 Å². The molecule has 3 nitrogen and oxygen atoms in total. The van der Waals surface area contributed by atoms with Crippen molar-refractivity contribution in [2.24, 2.45) is 0 Å². The molecule has 0 radical (unpaired) electrons. The van der Waals surface area contributed by atoms with Crippen LogP contribution in [0.3, 0.4) is 0 Å². The van der Waals surface area contributed by atoms with E-state index in [4.69, 9.17) is 5.26 Å². The third-order valence-electron chi connectivity index (χ3n) is 1.66. The lowest BCUT2D eigenvalue weighted by atomic mass is 10.3. The van der Waals surface area contributed by atoms with Gasteiger partial charge in [-0.15, -0.1) is 0 Å². The van der Waals surface area contributed by atoms with Crippen molar-refractivity contribution in [1.82, 2.24) is 9.97 Å². The second kappa shape index (κ2) is 2.61. The number of nitriles is 1. The predicted octanol–water partition coefficient (Wildman–Crippen LogP) is 2.20. The Labute approximate surface area is 77.2 Å². The van der Waals surface area contributed by atoms with E-state index in [1.165, 1.54) is 0 Å². The summed E-state index contributed by atoms with van der Waals surface area (Å²) in [6.07, 6.45) is 3.42. The average Bonchev–Trinajstić information content (AvgIpc) is 2.48. The summed E-state index contributed by atoms with van der Waals surface area (Å²) in [4.78, 5) is 6.90. The van der Waals surface area contributed by atoms with Gasteiger partial charge in [0, 0.05) is 22.3 Å². The van der Waals surface area contributed by atoms with Gasteiger partial charge in [-0.25, -0.2) is 4.98 Å². The van der Waals surface area contributed by atoms with E-state index in [1.54, 1.807) is 12.4 Å². The van der Waals surface area contributed by atoms with Crippen molar-refractivity contribution >= 4 is 26.8 Å². The van der Waals surface area contributed by atoms with Gasteiger partial charge in [0.15, 0.2) is 5.69 Å². The third kappa shape index (κ3) is 0.908. The summed E-state index contributed by atoms with van der Waals surface area (Å²) in [6, 6.07) is 3.88. The molecule has 0 saturated heterocycles. The van der Waals surface area contributed by atoms with Crippen molar-refractivity contribution in [2.75, 3.05) is 0 Å². The van der Waals surface area contributed by atoms with Crippen LogP contribution in [0.5, 0.6) is 0 Å². The zero-order valence-electron chi connectivity index (χ0n) is 6.00. The molecule has 2 aromatic rings. The summed E-state index contributed by atoms with van der Waals surface area (Å²) in [5, 5.41) is 9.68. The Morgan fingerprint density at radius 2 is 2.42 bits per heavy atom. The Morgan fingerprint density at radius 1 is 1.58 bits per heavy atom. The maximum Gasteiger partial charge on any atom is 0.164 e. The monoisotopic (exact) mass is 221 g/mol. The van der Waals surface area contributed by atoms with E-state index in [0.717, 1.165) is 15.4 Å². The molecule has 0 fully saturated rings. The Hall–Kier alpha value is -1.34. The second-order valence-corrected chi connectivity index (χ2v) is 3.18. The summed E-state index contributed by atoms with van der Waals surface area (Å²) in [7, 11) is 0. The van der Waals surface area contributed by atoms with Gasteiger partial charge in [0.25, 0.3) is 0 Å². The fourth-order valence-electron chi connectivity index (χ4n) is 1.10. The molecule has 0 atom stereocenters. The minimum Gasteiger partial charge on any atom is -0.358 e. The van der Waals surface area contributed by atoms with Gasteiger partial charge in [0.1, 0.15) is 6.07 Å². The second-order valence-electron chi connectivity index (χ2n) is 2.33. The number of rotatable bonds is 0. The fourth-order valence-corrected chi connectivity index (χ4v) is 1.55. The normalized spacial score (nSPS) is 10.0. The summed E-state index contributed by atoms with van der Waals surface area (Å²) in [6.45, 7) is 0. The van der Waals surface area contributed by atoms with Crippen molar-refractivity contribution in [3.8, 4) is 6.07 Å². The Morgan fingerprint density at radius 3 is 3.17 bits per heavy atom. The van der Waals surface area contributed by atoms with Crippen LogP contribution in [0.2, 0.25) is 0 Å². The van der Waals surface area contributed by atoms with Crippen LogP contribution < -0.4 is 0 Å².